The molecule has 0 heterocycles. The van der Waals surface area contributed by atoms with Crippen LogP contribution in [0, 0.1) is 13.8 Å². The van der Waals surface area contributed by atoms with Gasteiger partial charge in [0.15, 0.2) is 15.8 Å². The number of nitrogens with two attached hydrogens (primary N) is 1. The molecular formula is C18H24IN3O2S. The lowest BCUT2D eigenvalue weighted by atomic mass is 10.1. The smallest absolute Gasteiger partial charge is 0.193 e. The largest absolute Gasteiger partial charge is 0.370 e. The van der Waals surface area contributed by atoms with Crippen molar-refractivity contribution in [2.24, 2.45) is 10.7 Å². The van der Waals surface area contributed by atoms with Crippen LogP contribution in [0.15, 0.2) is 47.5 Å². The number of benzene rings is 2. The molecule has 0 radical (unpaired) electrons. The van der Waals surface area contributed by atoms with Crippen LogP contribution in [0.25, 0.3) is 0 Å². The molecule has 0 aromatic heterocycles. The topological polar surface area (TPSA) is 84.5 Å². The van der Waals surface area contributed by atoms with E-state index in [1.54, 1.807) is 6.07 Å². The molecule has 0 bridgehead atoms. The van der Waals surface area contributed by atoms with Crippen molar-refractivity contribution in [1.82, 2.24) is 0 Å². The minimum Gasteiger partial charge on any atom is -0.370 e. The summed E-state index contributed by atoms with van der Waals surface area (Å²) in [6.07, 6.45) is 1.23. The molecule has 3 N–H and O–H groups in total. The quantitative estimate of drug-likeness (QED) is 0.396. The predicted octanol–water partition coefficient (Wildman–Crippen LogP) is 3.39. The molecule has 0 fully saturated rings. The van der Waals surface area contributed by atoms with Crippen molar-refractivity contribution in [3.05, 3.63) is 64.7 Å². The number of guanidine groups is 1. The standard InChI is InChI=1S/C18H23N3O2S.HI/c1-13-8-14(2)10-17(9-13)21-18(19)20-11-15-6-4-5-7-16(15)12-24(3,22)23;/h4-10H,11-12H2,1-3H3,(H3,19,20,21);1H. The first-order valence-electron chi connectivity index (χ1n) is 7.63. The van der Waals surface area contributed by atoms with E-state index in [0.29, 0.717) is 12.5 Å². The molecule has 7 heteroatoms. The molecule has 0 aliphatic rings. The van der Waals surface area contributed by atoms with Crippen molar-refractivity contribution in [2.45, 2.75) is 26.1 Å². The monoisotopic (exact) mass is 473 g/mol. The van der Waals surface area contributed by atoms with Crippen LogP contribution < -0.4 is 11.1 Å². The lowest BCUT2D eigenvalue weighted by Crippen LogP contribution is -2.22. The number of nitrogens with zero attached hydrogens (tertiary/aromatic N) is 1. The van der Waals surface area contributed by atoms with E-state index in [-0.39, 0.29) is 29.7 Å². The minimum atomic E-state index is -3.09. The highest BCUT2D eigenvalue weighted by molar-refractivity contribution is 14.0. The van der Waals surface area contributed by atoms with E-state index < -0.39 is 9.84 Å². The van der Waals surface area contributed by atoms with Crippen LogP contribution in [-0.2, 0) is 22.1 Å². The Kier molecular flexibility index (Phi) is 7.88. The first kappa shape index (κ1) is 21.4. The van der Waals surface area contributed by atoms with Gasteiger partial charge in [-0.1, -0.05) is 30.3 Å². The van der Waals surface area contributed by atoms with E-state index in [1.807, 2.05) is 44.2 Å². The second-order valence-corrected chi connectivity index (χ2v) is 8.18. The van der Waals surface area contributed by atoms with Crippen molar-refractivity contribution >= 4 is 45.5 Å². The van der Waals surface area contributed by atoms with Gasteiger partial charge in [0.1, 0.15) is 0 Å². The maximum Gasteiger partial charge on any atom is 0.193 e. The Morgan fingerprint density at radius 1 is 1.08 bits per heavy atom. The third-order valence-corrected chi connectivity index (χ3v) is 4.29. The zero-order valence-corrected chi connectivity index (χ0v) is 17.8. The Morgan fingerprint density at radius 2 is 1.64 bits per heavy atom. The van der Waals surface area contributed by atoms with Crippen molar-refractivity contribution in [3.63, 3.8) is 0 Å². The average Bonchev–Trinajstić information content (AvgIpc) is 2.43. The highest BCUT2D eigenvalue weighted by Gasteiger charge is 2.08. The summed E-state index contributed by atoms with van der Waals surface area (Å²) in [7, 11) is -3.09. The second-order valence-electron chi connectivity index (χ2n) is 6.04. The first-order valence-corrected chi connectivity index (χ1v) is 9.69. The molecule has 0 aliphatic carbocycles. The van der Waals surface area contributed by atoms with E-state index >= 15 is 0 Å². The third-order valence-electron chi connectivity index (χ3n) is 3.45. The van der Waals surface area contributed by atoms with Gasteiger partial charge in [0.2, 0.25) is 0 Å². The molecular weight excluding hydrogens is 449 g/mol. The maximum absolute atomic E-state index is 11.5. The maximum atomic E-state index is 11.5. The van der Waals surface area contributed by atoms with Gasteiger partial charge < -0.3 is 11.1 Å². The zero-order chi connectivity index (χ0) is 17.7. The van der Waals surface area contributed by atoms with Crippen LogP contribution in [0.4, 0.5) is 5.69 Å². The van der Waals surface area contributed by atoms with E-state index in [2.05, 4.69) is 16.4 Å². The van der Waals surface area contributed by atoms with Crippen LogP contribution in [0.3, 0.4) is 0 Å². The summed E-state index contributed by atoms with van der Waals surface area (Å²) in [5.41, 5.74) is 10.7. The third kappa shape index (κ3) is 7.43. The molecule has 2 aromatic rings. The van der Waals surface area contributed by atoms with Crippen LogP contribution >= 0.6 is 24.0 Å². The summed E-state index contributed by atoms with van der Waals surface area (Å²) < 4.78 is 23.0. The van der Waals surface area contributed by atoms with E-state index in [0.717, 1.165) is 27.9 Å². The number of nitrogens with one attached hydrogen (secondary N) is 1. The fourth-order valence-electron chi connectivity index (χ4n) is 2.54. The Hall–Kier alpha value is -1.61. The van der Waals surface area contributed by atoms with Crippen LogP contribution in [0.5, 0.6) is 0 Å². The van der Waals surface area contributed by atoms with Crippen molar-refractivity contribution in [3.8, 4) is 0 Å². The number of aliphatic imine (C=N–C) groups is 1. The van der Waals surface area contributed by atoms with E-state index in [1.165, 1.54) is 6.26 Å². The summed E-state index contributed by atoms with van der Waals surface area (Å²) in [6.45, 7) is 4.37. The predicted molar refractivity (Wildman–Crippen MR) is 115 cm³/mol. The summed E-state index contributed by atoms with van der Waals surface area (Å²) >= 11 is 0. The molecule has 25 heavy (non-hydrogen) atoms. The molecule has 0 aliphatic heterocycles. The van der Waals surface area contributed by atoms with Crippen LogP contribution in [0.1, 0.15) is 22.3 Å². The van der Waals surface area contributed by atoms with Gasteiger partial charge in [-0.25, -0.2) is 13.4 Å². The number of anilines is 1. The summed E-state index contributed by atoms with van der Waals surface area (Å²) in [5, 5.41) is 3.07. The van der Waals surface area contributed by atoms with Gasteiger partial charge in [-0.05, 0) is 48.2 Å². The number of sulfone groups is 1. The highest BCUT2D eigenvalue weighted by atomic mass is 127. The van der Waals surface area contributed by atoms with Crippen molar-refractivity contribution < 1.29 is 8.42 Å². The number of halogens is 1. The molecule has 0 amide bonds. The van der Waals surface area contributed by atoms with Gasteiger partial charge in [0.05, 0.1) is 12.3 Å². The van der Waals surface area contributed by atoms with E-state index in [4.69, 9.17) is 5.73 Å². The molecule has 0 atom stereocenters. The van der Waals surface area contributed by atoms with Gasteiger partial charge in [0, 0.05) is 11.9 Å². The lowest BCUT2D eigenvalue weighted by Gasteiger charge is -2.09. The number of aryl methyl sites for hydroxylation is 2. The number of rotatable bonds is 5. The van der Waals surface area contributed by atoms with Gasteiger partial charge in [0.25, 0.3) is 0 Å². The van der Waals surface area contributed by atoms with Gasteiger partial charge in [-0.3, -0.25) is 0 Å². The highest BCUT2D eigenvalue weighted by Crippen LogP contribution is 2.15. The number of hydrogen-bond acceptors (Lipinski definition) is 3. The molecule has 2 rings (SSSR count). The lowest BCUT2D eigenvalue weighted by molar-refractivity contribution is 0.601. The Balaban J connectivity index is 0.00000312. The molecule has 2 aromatic carbocycles. The normalized spacial score (nSPS) is 11.7. The van der Waals surface area contributed by atoms with Crippen LogP contribution in [-0.4, -0.2) is 20.6 Å². The summed E-state index contributed by atoms with van der Waals surface area (Å²) in [5.74, 6) is 0.303. The molecule has 5 nitrogen and oxygen atoms in total. The molecule has 0 saturated heterocycles. The van der Waals surface area contributed by atoms with E-state index in [9.17, 15) is 8.42 Å². The molecule has 0 spiro atoms. The molecule has 0 unspecified atom stereocenters. The van der Waals surface area contributed by atoms with Gasteiger partial charge in [-0.15, -0.1) is 24.0 Å². The average molecular weight is 473 g/mol. The van der Waals surface area contributed by atoms with Crippen LogP contribution in [0.2, 0.25) is 0 Å². The fraction of sp³-hybridized carbons (Fsp3) is 0.278. The number of hydrogen-bond donors (Lipinski definition) is 2. The van der Waals surface area contributed by atoms with Gasteiger partial charge in [-0.2, -0.15) is 0 Å². The first-order chi connectivity index (χ1) is 11.2. The Bertz CT molecular complexity index is 844. The summed E-state index contributed by atoms with van der Waals surface area (Å²) in [6, 6.07) is 13.4. The summed E-state index contributed by atoms with van der Waals surface area (Å²) in [4.78, 5) is 4.33. The van der Waals surface area contributed by atoms with Crippen molar-refractivity contribution in [1.29, 1.82) is 0 Å². The Morgan fingerprint density at radius 3 is 2.20 bits per heavy atom. The molecule has 0 saturated carbocycles. The Labute approximate surface area is 166 Å². The second kappa shape index (κ2) is 9.19. The van der Waals surface area contributed by atoms with Gasteiger partial charge >= 0.3 is 0 Å². The molecule has 136 valence electrons. The minimum absolute atomic E-state index is 0. The SMILES string of the molecule is Cc1cc(C)cc(NC(N)=NCc2ccccc2CS(C)(=O)=O)c1.I. The zero-order valence-electron chi connectivity index (χ0n) is 14.6. The fourth-order valence-corrected chi connectivity index (χ4v) is 3.39. The van der Waals surface area contributed by atoms with Crippen molar-refractivity contribution in [2.75, 3.05) is 11.6 Å².